The van der Waals surface area contributed by atoms with Crippen LogP contribution in [0.25, 0.3) is 0 Å². The summed E-state index contributed by atoms with van der Waals surface area (Å²) in [5, 5.41) is 11.2. The van der Waals surface area contributed by atoms with Gasteiger partial charge in [0.2, 0.25) is 0 Å². The third kappa shape index (κ3) is 6.23. The van der Waals surface area contributed by atoms with Crippen LogP contribution in [0.2, 0.25) is 0 Å². The summed E-state index contributed by atoms with van der Waals surface area (Å²) in [7, 11) is 0. The molecule has 0 aromatic rings. The first kappa shape index (κ1) is 8.23. The van der Waals surface area contributed by atoms with Gasteiger partial charge in [0, 0.05) is 16.3 Å². The first-order chi connectivity index (χ1) is 3.77. The van der Waals surface area contributed by atoms with Gasteiger partial charge in [-0.1, -0.05) is 0 Å². The lowest BCUT2D eigenvalue weighted by molar-refractivity contribution is 0.298. The minimum atomic E-state index is 0.195. The predicted molar refractivity (Wildman–Crippen MR) is 42.9 cm³/mol. The molecule has 0 heterocycles. The van der Waals surface area contributed by atoms with Gasteiger partial charge in [0.15, 0.2) is 0 Å². The molecule has 0 radical (unpaired) electrons. The lowest BCUT2D eigenvalue weighted by Crippen LogP contribution is -2.10. The molecule has 3 heteroatoms. The summed E-state index contributed by atoms with van der Waals surface area (Å²) in [5.74, 6) is 0. The maximum Gasteiger partial charge on any atom is 0.0603 e. The van der Waals surface area contributed by atoms with Gasteiger partial charge in [0.1, 0.15) is 0 Å². The van der Waals surface area contributed by atoms with Gasteiger partial charge in [-0.05, 0) is 29.5 Å². The number of aliphatic hydroxyl groups is 1. The van der Waals surface area contributed by atoms with Gasteiger partial charge in [0.05, 0.1) is 6.61 Å². The fourth-order valence-electron chi connectivity index (χ4n) is 0.277. The van der Waals surface area contributed by atoms with Crippen LogP contribution in [0.4, 0.5) is 0 Å². The molecule has 0 aliphatic carbocycles. The summed E-state index contributed by atoms with van der Waals surface area (Å²) < 4.78 is 1.19. The van der Waals surface area contributed by atoms with E-state index in [-0.39, 0.29) is 6.61 Å². The van der Waals surface area contributed by atoms with E-state index in [4.69, 9.17) is 5.11 Å². The Morgan fingerprint density at radius 1 is 1.88 bits per heavy atom. The Morgan fingerprint density at radius 3 is 2.88 bits per heavy atom. The average Bonchev–Trinajstić information content (AvgIpc) is 1.66. The van der Waals surface area contributed by atoms with Gasteiger partial charge in [-0.2, -0.15) is 0 Å². The van der Waals surface area contributed by atoms with E-state index in [2.05, 4.69) is 27.9 Å². The molecule has 0 saturated heterocycles. The number of hydrogen-bond acceptors (Lipinski definition) is 2. The van der Waals surface area contributed by atoms with Gasteiger partial charge in [-0.15, -0.1) is 0 Å². The second kappa shape index (κ2) is 5.37. The summed E-state index contributed by atoms with van der Waals surface area (Å²) in [6.07, 6.45) is 1.87. The van der Waals surface area contributed by atoms with Crippen molar-refractivity contribution in [2.45, 2.75) is 6.92 Å². The Kier molecular flexibility index (Phi) is 5.52. The van der Waals surface area contributed by atoms with Crippen LogP contribution in [0.1, 0.15) is 6.92 Å². The van der Waals surface area contributed by atoms with E-state index in [1.165, 1.54) is 3.58 Å². The van der Waals surface area contributed by atoms with Crippen molar-refractivity contribution in [1.29, 1.82) is 0 Å². The maximum atomic E-state index is 8.28. The van der Waals surface area contributed by atoms with Crippen molar-refractivity contribution < 1.29 is 5.11 Å². The Bertz CT molecular complexity index is 78.5. The number of halogens is 1. The fraction of sp³-hybridized carbons (Fsp3) is 0.600. The first-order valence-corrected chi connectivity index (χ1v) is 3.51. The van der Waals surface area contributed by atoms with Crippen molar-refractivity contribution in [3.8, 4) is 0 Å². The van der Waals surface area contributed by atoms with Gasteiger partial charge in [0.25, 0.3) is 0 Å². The van der Waals surface area contributed by atoms with Crippen molar-refractivity contribution in [2.24, 2.45) is 0 Å². The van der Waals surface area contributed by atoms with E-state index in [0.717, 1.165) is 0 Å². The normalized spacial score (nSPS) is 11.6. The largest absolute Gasteiger partial charge is 0.395 e. The van der Waals surface area contributed by atoms with Gasteiger partial charge < -0.3 is 10.4 Å². The zero-order valence-electron chi connectivity index (χ0n) is 4.82. The second-order valence-electron chi connectivity index (χ2n) is 1.41. The van der Waals surface area contributed by atoms with Crippen LogP contribution >= 0.6 is 22.6 Å². The highest BCUT2D eigenvalue weighted by Crippen LogP contribution is 1.98. The molecule has 0 aliphatic rings. The SMILES string of the molecule is C/C(I)=C\NCCO. The number of nitrogens with one attached hydrogen (secondary N) is 1. The zero-order chi connectivity index (χ0) is 6.41. The molecule has 0 amide bonds. The molecule has 0 aromatic heterocycles. The molecule has 2 nitrogen and oxygen atoms in total. The van der Waals surface area contributed by atoms with Crippen molar-refractivity contribution in [3.63, 3.8) is 0 Å². The molecule has 0 saturated carbocycles. The third-order valence-electron chi connectivity index (χ3n) is 0.557. The predicted octanol–water partition coefficient (Wildman–Crippen LogP) is 0.865. The van der Waals surface area contributed by atoms with Crippen LogP contribution in [0.3, 0.4) is 0 Å². The van der Waals surface area contributed by atoms with E-state index < -0.39 is 0 Å². The Labute approximate surface area is 63.1 Å². The zero-order valence-corrected chi connectivity index (χ0v) is 6.97. The molecule has 0 aliphatic heterocycles. The van der Waals surface area contributed by atoms with E-state index in [9.17, 15) is 0 Å². The van der Waals surface area contributed by atoms with E-state index in [1.54, 1.807) is 0 Å². The Morgan fingerprint density at radius 2 is 2.50 bits per heavy atom. The highest BCUT2D eigenvalue weighted by Gasteiger charge is 1.76. The molecule has 0 bridgehead atoms. The molecule has 2 N–H and O–H groups in total. The minimum Gasteiger partial charge on any atom is -0.395 e. The van der Waals surface area contributed by atoms with Crippen molar-refractivity contribution in [2.75, 3.05) is 13.2 Å². The molecule has 0 atom stereocenters. The average molecular weight is 227 g/mol. The topological polar surface area (TPSA) is 32.3 Å². The highest BCUT2D eigenvalue weighted by molar-refractivity contribution is 14.1. The molecular weight excluding hydrogens is 217 g/mol. The van der Waals surface area contributed by atoms with E-state index in [0.29, 0.717) is 6.54 Å². The van der Waals surface area contributed by atoms with Crippen LogP contribution in [0.15, 0.2) is 9.78 Å². The highest BCUT2D eigenvalue weighted by atomic mass is 127. The monoisotopic (exact) mass is 227 g/mol. The molecule has 8 heavy (non-hydrogen) atoms. The van der Waals surface area contributed by atoms with Gasteiger partial charge in [-0.25, -0.2) is 0 Å². The van der Waals surface area contributed by atoms with Crippen LogP contribution in [-0.2, 0) is 0 Å². The van der Waals surface area contributed by atoms with Crippen molar-refractivity contribution >= 4 is 22.6 Å². The number of allylic oxidation sites excluding steroid dienone is 1. The Hall–Kier alpha value is 0.230. The molecule has 0 unspecified atom stereocenters. The van der Waals surface area contributed by atoms with Crippen LogP contribution < -0.4 is 5.32 Å². The summed E-state index contributed by atoms with van der Waals surface area (Å²) in [4.78, 5) is 0. The lowest BCUT2D eigenvalue weighted by Gasteiger charge is -1.93. The minimum absolute atomic E-state index is 0.195. The quantitative estimate of drug-likeness (QED) is 0.553. The molecular formula is C5H10INO. The third-order valence-corrected chi connectivity index (χ3v) is 0.869. The number of rotatable bonds is 3. The van der Waals surface area contributed by atoms with Crippen molar-refractivity contribution in [3.05, 3.63) is 9.78 Å². The van der Waals surface area contributed by atoms with Crippen LogP contribution in [-0.4, -0.2) is 18.3 Å². The molecule has 0 spiro atoms. The first-order valence-electron chi connectivity index (χ1n) is 2.44. The van der Waals surface area contributed by atoms with Crippen molar-refractivity contribution in [1.82, 2.24) is 5.32 Å². The van der Waals surface area contributed by atoms with Gasteiger partial charge >= 0.3 is 0 Å². The molecule has 0 rings (SSSR count). The Balaban J connectivity index is 3.03. The smallest absolute Gasteiger partial charge is 0.0603 e. The molecule has 0 fully saturated rings. The van der Waals surface area contributed by atoms with E-state index in [1.807, 2.05) is 13.1 Å². The number of hydrogen-bond donors (Lipinski definition) is 2. The van der Waals surface area contributed by atoms with E-state index >= 15 is 0 Å². The summed E-state index contributed by atoms with van der Waals surface area (Å²) in [6.45, 7) is 2.83. The standard InChI is InChI=1S/C5H10INO/c1-5(6)4-7-2-3-8/h4,7-8H,2-3H2,1H3/b5-4+. The summed E-state index contributed by atoms with van der Waals surface area (Å²) in [6, 6.07) is 0. The summed E-state index contributed by atoms with van der Waals surface area (Å²) in [5.41, 5.74) is 0. The maximum absolute atomic E-state index is 8.28. The van der Waals surface area contributed by atoms with Crippen LogP contribution in [0, 0.1) is 0 Å². The second-order valence-corrected chi connectivity index (χ2v) is 3.11. The van der Waals surface area contributed by atoms with Crippen LogP contribution in [0.5, 0.6) is 0 Å². The molecule has 48 valence electrons. The number of aliphatic hydroxyl groups excluding tert-OH is 1. The van der Waals surface area contributed by atoms with Gasteiger partial charge in [-0.3, -0.25) is 0 Å². The lowest BCUT2D eigenvalue weighted by atomic mass is 10.6. The summed E-state index contributed by atoms with van der Waals surface area (Å²) >= 11 is 2.20. The fourth-order valence-corrected chi connectivity index (χ4v) is 0.498. The molecule has 0 aromatic carbocycles.